The average molecular weight is 511 g/mol. The van der Waals surface area contributed by atoms with Gasteiger partial charge in [0.1, 0.15) is 5.78 Å². The lowest BCUT2D eigenvalue weighted by Gasteiger charge is -2.33. The first kappa shape index (κ1) is 24.8. The maximum Gasteiger partial charge on any atom is 0.324 e. The van der Waals surface area contributed by atoms with Crippen LogP contribution in [0.15, 0.2) is 113 Å². The van der Waals surface area contributed by atoms with Crippen molar-refractivity contribution >= 4 is 36.2 Å². The second-order valence-corrected chi connectivity index (χ2v) is 12.6. The van der Waals surface area contributed by atoms with Gasteiger partial charge in [-0.15, -0.1) is 0 Å². The fourth-order valence-corrected chi connectivity index (χ4v) is 8.88. The molecular weight excluding hydrogens is 487 g/mol. The van der Waals surface area contributed by atoms with Crippen molar-refractivity contribution in [2.75, 3.05) is 0 Å². The maximum absolute atomic E-state index is 17.6. The van der Waals surface area contributed by atoms with Crippen LogP contribution in [-0.4, -0.2) is 27.0 Å². The number of ketones is 1. The van der Waals surface area contributed by atoms with E-state index in [2.05, 4.69) is 0 Å². The number of Topliss-reactive ketones (excluding diaryl/α,β-unsaturated/α-hetero) is 1. The summed E-state index contributed by atoms with van der Waals surface area (Å²) in [5.41, 5.74) is 0.125. The predicted molar refractivity (Wildman–Crippen MR) is 133 cm³/mol. The van der Waals surface area contributed by atoms with Crippen molar-refractivity contribution in [3.05, 3.63) is 109 Å². The molecule has 0 amide bonds. The van der Waals surface area contributed by atoms with E-state index in [4.69, 9.17) is 0 Å². The largest absolute Gasteiger partial charge is 0.324 e. The number of carbonyl (C=O) groups excluding carboxylic acids is 1. The summed E-state index contributed by atoms with van der Waals surface area (Å²) >= 11 is 0. The van der Waals surface area contributed by atoms with E-state index in [0.29, 0.717) is 10.8 Å². The Kier molecular flexibility index (Phi) is 6.62. The summed E-state index contributed by atoms with van der Waals surface area (Å²) in [5.74, 6) is -2.38. The van der Waals surface area contributed by atoms with Gasteiger partial charge in [-0.25, -0.2) is 21.2 Å². The Morgan fingerprint density at radius 2 is 1.17 bits per heavy atom. The summed E-state index contributed by atoms with van der Waals surface area (Å²) in [6.45, 7) is 1.18. The molecule has 0 aromatic heterocycles. The molecule has 0 heterocycles. The van der Waals surface area contributed by atoms with Gasteiger partial charge in [0.05, 0.1) is 15.7 Å². The highest BCUT2D eigenvalue weighted by Gasteiger charge is 2.63. The number of halogens is 1. The van der Waals surface area contributed by atoms with Crippen LogP contribution in [0.4, 0.5) is 4.39 Å². The molecule has 0 radical (unpaired) electrons. The van der Waals surface area contributed by atoms with Gasteiger partial charge in [-0.05, 0) is 47.5 Å². The van der Waals surface area contributed by atoms with Crippen LogP contribution in [0.25, 0.3) is 10.8 Å². The highest BCUT2D eigenvalue weighted by Crippen LogP contribution is 2.49. The van der Waals surface area contributed by atoms with E-state index in [1.165, 1.54) is 37.3 Å². The van der Waals surface area contributed by atoms with Crippen molar-refractivity contribution in [2.24, 2.45) is 0 Å². The van der Waals surface area contributed by atoms with Crippen LogP contribution < -0.4 is 0 Å². The first-order valence-electron chi connectivity index (χ1n) is 10.9. The molecule has 0 aliphatic carbocycles. The van der Waals surface area contributed by atoms with Gasteiger partial charge in [0.2, 0.25) is 19.7 Å². The lowest BCUT2D eigenvalue weighted by atomic mass is 9.90. The third kappa shape index (κ3) is 4.17. The Bertz CT molecular complexity index is 1510. The van der Waals surface area contributed by atoms with E-state index in [-0.39, 0.29) is 5.56 Å². The van der Waals surface area contributed by atoms with E-state index in [0.717, 1.165) is 24.3 Å². The zero-order valence-corrected chi connectivity index (χ0v) is 20.5. The number of rotatable bonds is 8. The highest BCUT2D eigenvalue weighted by molar-refractivity contribution is 8.10. The second-order valence-electron chi connectivity index (χ2n) is 8.24. The SMILES string of the molecule is CC(=O)C[C@@H](c1cccc2ccccc12)C(F)(S(=O)(=O)c1ccccc1)S(=O)(=O)c1ccccc1. The molecule has 5 nitrogen and oxygen atoms in total. The summed E-state index contributed by atoms with van der Waals surface area (Å²) < 4.78 is 69.5. The lowest BCUT2D eigenvalue weighted by molar-refractivity contribution is -0.117. The van der Waals surface area contributed by atoms with Crippen molar-refractivity contribution in [3.8, 4) is 0 Å². The van der Waals surface area contributed by atoms with Gasteiger partial charge in [0.25, 0.3) is 0 Å². The van der Waals surface area contributed by atoms with E-state index in [1.54, 1.807) is 48.5 Å². The molecule has 0 aliphatic heterocycles. The molecule has 0 saturated heterocycles. The smallest absolute Gasteiger partial charge is 0.300 e. The van der Waals surface area contributed by atoms with Gasteiger partial charge in [-0.1, -0.05) is 78.9 Å². The number of hydrogen-bond acceptors (Lipinski definition) is 5. The summed E-state index contributed by atoms with van der Waals surface area (Å²) in [6.07, 6.45) is -0.636. The first-order chi connectivity index (χ1) is 16.6. The summed E-state index contributed by atoms with van der Waals surface area (Å²) in [6, 6.07) is 24.9. The Morgan fingerprint density at radius 1 is 0.714 bits per heavy atom. The highest BCUT2D eigenvalue weighted by atomic mass is 32.3. The van der Waals surface area contributed by atoms with Crippen LogP contribution in [0.5, 0.6) is 0 Å². The van der Waals surface area contributed by atoms with Crippen LogP contribution >= 0.6 is 0 Å². The third-order valence-electron chi connectivity index (χ3n) is 5.95. The fraction of sp³-hybridized carbons (Fsp3) is 0.148. The zero-order chi connectivity index (χ0) is 25.3. The van der Waals surface area contributed by atoms with Gasteiger partial charge in [-0.2, -0.15) is 0 Å². The van der Waals surface area contributed by atoms with Crippen molar-refractivity contribution in [3.63, 3.8) is 0 Å². The topological polar surface area (TPSA) is 85.3 Å². The summed E-state index contributed by atoms with van der Waals surface area (Å²) in [4.78, 5) is 11.4. The van der Waals surface area contributed by atoms with E-state index >= 15 is 4.39 Å². The summed E-state index contributed by atoms with van der Waals surface area (Å²) in [5, 5.41) is 1.13. The van der Waals surface area contributed by atoms with Gasteiger partial charge < -0.3 is 4.79 Å². The molecule has 0 aliphatic rings. The lowest BCUT2D eigenvalue weighted by Crippen LogP contribution is -2.48. The standard InChI is InChI=1S/C27H23FO5S2/c1-20(29)19-26(25-18-10-12-21-11-8-9-17-24(21)25)27(28,34(30,31)22-13-4-2-5-14-22)35(32,33)23-15-6-3-7-16-23/h2-18,26H,19H2,1H3/t26-/m0/s1. The molecule has 8 heteroatoms. The Morgan fingerprint density at radius 3 is 1.69 bits per heavy atom. The monoisotopic (exact) mass is 510 g/mol. The Labute approximate surface area is 204 Å². The first-order valence-corrected chi connectivity index (χ1v) is 13.8. The predicted octanol–water partition coefficient (Wildman–Crippen LogP) is 5.47. The van der Waals surface area contributed by atoms with Gasteiger partial charge in [0, 0.05) is 6.42 Å². The molecule has 4 aromatic rings. The van der Waals surface area contributed by atoms with Gasteiger partial charge in [0.15, 0.2) is 0 Å². The van der Waals surface area contributed by atoms with Crippen molar-refractivity contribution in [1.29, 1.82) is 0 Å². The molecule has 0 saturated carbocycles. The molecule has 0 unspecified atom stereocenters. The van der Waals surface area contributed by atoms with Crippen molar-refractivity contribution in [1.82, 2.24) is 0 Å². The normalized spacial score (nSPS) is 13.4. The molecule has 4 rings (SSSR count). The molecule has 0 fully saturated rings. The van der Waals surface area contributed by atoms with Crippen molar-refractivity contribution < 1.29 is 26.0 Å². The van der Waals surface area contributed by atoms with Crippen LogP contribution in [0, 0.1) is 0 Å². The second kappa shape index (κ2) is 9.36. The molecule has 0 bridgehead atoms. The fourth-order valence-electron chi connectivity index (χ4n) is 4.30. The minimum absolute atomic E-state index is 0.125. The van der Waals surface area contributed by atoms with Crippen LogP contribution in [-0.2, 0) is 24.5 Å². The zero-order valence-electron chi connectivity index (χ0n) is 18.8. The molecule has 1 atom stereocenters. The number of carbonyl (C=O) groups is 1. The van der Waals surface area contributed by atoms with E-state index < -0.39 is 51.9 Å². The molecule has 180 valence electrons. The molecule has 35 heavy (non-hydrogen) atoms. The minimum Gasteiger partial charge on any atom is -0.300 e. The number of hydrogen-bond donors (Lipinski definition) is 0. The Hall–Kier alpha value is -3.36. The van der Waals surface area contributed by atoms with Gasteiger partial charge >= 0.3 is 4.33 Å². The van der Waals surface area contributed by atoms with Crippen LogP contribution in [0.3, 0.4) is 0 Å². The van der Waals surface area contributed by atoms with Gasteiger partial charge in [-0.3, -0.25) is 0 Å². The average Bonchev–Trinajstić information content (AvgIpc) is 2.87. The molecule has 0 N–H and O–H groups in total. The van der Waals surface area contributed by atoms with E-state index in [1.807, 2.05) is 0 Å². The number of fused-ring (bicyclic) bond motifs is 1. The number of sulfone groups is 2. The van der Waals surface area contributed by atoms with E-state index in [9.17, 15) is 21.6 Å². The molecule has 0 spiro atoms. The Balaban J connectivity index is 2.12. The maximum atomic E-state index is 17.6. The van der Waals surface area contributed by atoms with Crippen LogP contribution in [0.2, 0.25) is 0 Å². The molecule has 4 aromatic carbocycles. The summed E-state index contributed by atoms with van der Waals surface area (Å²) in [7, 11) is -10.3. The van der Waals surface area contributed by atoms with Crippen molar-refractivity contribution in [2.45, 2.75) is 33.4 Å². The van der Waals surface area contributed by atoms with Crippen LogP contribution in [0.1, 0.15) is 24.8 Å². The quantitative estimate of drug-likeness (QED) is 0.314. The molecular formula is C27H23FO5S2. The third-order valence-corrected chi connectivity index (χ3v) is 11.1. The minimum atomic E-state index is -5.17. The number of alkyl halides is 1. The number of benzene rings is 4.